The number of hydrogen-bond acceptors (Lipinski definition) is 3. The molecule has 3 aromatic rings. The van der Waals surface area contributed by atoms with E-state index in [2.05, 4.69) is 59.5 Å². The zero-order chi connectivity index (χ0) is 21.1. The number of carbonyl (C=O) groups is 1. The van der Waals surface area contributed by atoms with Crippen LogP contribution in [0.3, 0.4) is 0 Å². The van der Waals surface area contributed by atoms with E-state index in [9.17, 15) is 9.90 Å². The zero-order valence-electron chi connectivity index (χ0n) is 17.5. The van der Waals surface area contributed by atoms with Gasteiger partial charge >= 0.3 is 5.97 Å². The molecule has 3 aromatic carbocycles. The molecule has 0 atom stereocenters. The lowest BCUT2D eigenvalue weighted by Crippen LogP contribution is -2.35. The first-order chi connectivity index (χ1) is 14.5. The first kappa shape index (κ1) is 20.3. The van der Waals surface area contributed by atoms with Gasteiger partial charge in [0.05, 0.1) is 18.8 Å². The van der Waals surface area contributed by atoms with E-state index in [0.29, 0.717) is 5.56 Å². The topological polar surface area (TPSA) is 49.8 Å². The van der Waals surface area contributed by atoms with Crippen molar-refractivity contribution in [1.29, 1.82) is 0 Å². The summed E-state index contributed by atoms with van der Waals surface area (Å²) in [6.45, 7) is 8.33. The maximum Gasteiger partial charge on any atom is 0.335 e. The Hall–Kier alpha value is -2.95. The summed E-state index contributed by atoms with van der Waals surface area (Å²) >= 11 is 0. The lowest BCUT2D eigenvalue weighted by Gasteiger charge is -2.26. The van der Waals surface area contributed by atoms with Crippen molar-refractivity contribution in [2.75, 3.05) is 26.3 Å². The highest BCUT2D eigenvalue weighted by molar-refractivity contribution is 5.91. The molecular weight excluding hydrogens is 374 g/mol. The highest BCUT2D eigenvalue weighted by Crippen LogP contribution is 2.28. The highest BCUT2D eigenvalue weighted by atomic mass is 16.5. The number of carboxylic acid groups (broad SMARTS) is 1. The van der Waals surface area contributed by atoms with Crippen LogP contribution in [-0.4, -0.2) is 42.3 Å². The molecule has 0 radical (unpaired) electrons. The quantitative estimate of drug-likeness (QED) is 0.641. The second-order valence-electron chi connectivity index (χ2n) is 7.94. The van der Waals surface area contributed by atoms with Crippen LogP contribution in [0, 0.1) is 13.8 Å². The molecule has 30 heavy (non-hydrogen) atoms. The summed E-state index contributed by atoms with van der Waals surface area (Å²) in [4.78, 5) is 14.0. The fourth-order valence-electron chi connectivity index (χ4n) is 3.97. The maximum atomic E-state index is 11.6. The largest absolute Gasteiger partial charge is 0.478 e. The molecule has 154 valence electrons. The number of hydrogen-bond donors (Lipinski definition) is 1. The first-order valence-corrected chi connectivity index (χ1v) is 10.4. The van der Waals surface area contributed by atoms with Gasteiger partial charge in [-0.15, -0.1) is 0 Å². The molecule has 1 aliphatic heterocycles. The van der Waals surface area contributed by atoms with Gasteiger partial charge in [0.1, 0.15) is 0 Å². The van der Waals surface area contributed by atoms with E-state index in [1.807, 2.05) is 13.8 Å². The Morgan fingerprint density at radius 1 is 0.900 bits per heavy atom. The molecule has 1 saturated heterocycles. The number of nitrogens with zero attached hydrogens (tertiary/aromatic N) is 1. The van der Waals surface area contributed by atoms with E-state index in [0.717, 1.165) is 60.7 Å². The van der Waals surface area contributed by atoms with Crippen molar-refractivity contribution in [3.8, 4) is 22.3 Å². The number of aromatic carboxylic acids is 1. The predicted octanol–water partition coefficient (Wildman–Crippen LogP) is 5.17. The Morgan fingerprint density at radius 2 is 1.57 bits per heavy atom. The Balaban J connectivity index is 1.57. The lowest BCUT2D eigenvalue weighted by molar-refractivity contribution is 0.0342. The smallest absolute Gasteiger partial charge is 0.335 e. The molecule has 1 fully saturated rings. The van der Waals surface area contributed by atoms with Crippen LogP contribution in [0.2, 0.25) is 0 Å². The molecule has 0 amide bonds. The van der Waals surface area contributed by atoms with Gasteiger partial charge < -0.3 is 9.84 Å². The minimum absolute atomic E-state index is 0.366. The SMILES string of the molecule is Cc1cc(-c2ccc(-c3cccc(CN4CCOCC4)c3)cc2)cc(C(=O)O)c1C. The monoisotopic (exact) mass is 401 g/mol. The fraction of sp³-hybridized carbons (Fsp3) is 0.269. The number of carboxylic acids is 1. The van der Waals surface area contributed by atoms with Crippen molar-refractivity contribution >= 4 is 5.97 Å². The van der Waals surface area contributed by atoms with Crippen molar-refractivity contribution in [1.82, 2.24) is 4.90 Å². The molecule has 4 nitrogen and oxygen atoms in total. The third kappa shape index (κ3) is 4.45. The van der Waals surface area contributed by atoms with Crippen LogP contribution in [0.5, 0.6) is 0 Å². The first-order valence-electron chi connectivity index (χ1n) is 10.4. The summed E-state index contributed by atoms with van der Waals surface area (Å²) in [7, 11) is 0. The van der Waals surface area contributed by atoms with E-state index in [-0.39, 0.29) is 0 Å². The van der Waals surface area contributed by atoms with Gasteiger partial charge in [-0.05, 0) is 64.9 Å². The van der Waals surface area contributed by atoms with Crippen molar-refractivity contribution < 1.29 is 14.6 Å². The molecule has 1 N–H and O–H groups in total. The number of ether oxygens (including phenoxy) is 1. The van der Waals surface area contributed by atoms with Gasteiger partial charge in [-0.1, -0.05) is 48.5 Å². The highest BCUT2D eigenvalue weighted by Gasteiger charge is 2.13. The third-order valence-electron chi connectivity index (χ3n) is 5.89. The Kier molecular flexibility index (Phi) is 5.98. The average molecular weight is 402 g/mol. The molecule has 0 saturated carbocycles. The molecule has 0 spiro atoms. The van der Waals surface area contributed by atoms with Crippen LogP contribution in [0.4, 0.5) is 0 Å². The van der Waals surface area contributed by atoms with Gasteiger partial charge in [-0.25, -0.2) is 4.79 Å². The maximum absolute atomic E-state index is 11.6. The van der Waals surface area contributed by atoms with Crippen LogP contribution in [0.1, 0.15) is 27.0 Å². The van der Waals surface area contributed by atoms with Crippen LogP contribution < -0.4 is 0 Å². The number of morpholine rings is 1. The number of aryl methyl sites for hydroxylation is 1. The van der Waals surface area contributed by atoms with Crippen LogP contribution in [-0.2, 0) is 11.3 Å². The van der Waals surface area contributed by atoms with Crippen molar-refractivity contribution in [3.63, 3.8) is 0 Å². The van der Waals surface area contributed by atoms with E-state index in [1.54, 1.807) is 6.07 Å². The summed E-state index contributed by atoms with van der Waals surface area (Å²) in [5.74, 6) is -0.883. The summed E-state index contributed by atoms with van der Waals surface area (Å²) < 4.78 is 5.44. The van der Waals surface area contributed by atoms with Gasteiger partial charge in [0.15, 0.2) is 0 Å². The van der Waals surface area contributed by atoms with Gasteiger partial charge in [0.25, 0.3) is 0 Å². The van der Waals surface area contributed by atoms with E-state index < -0.39 is 5.97 Å². The fourth-order valence-corrected chi connectivity index (χ4v) is 3.97. The van der Waals surface area contributed by atoms with Gasteiger partial charge in [-0.3, -0.25) is 4.90 Å². The van der Waals surface area contributed by atoms with Crippen molar-refractivity contribution in [2.45, 2.75) is 20.4 Å². The summed E-state index contributed by atoms with van der Waals surface area (Å²) in [6, 6.07) is 20.9. The molecule has 1 aliphatic rings. The van der Waals surface area contributed by atoms with Gasteiger partial charge in [-0.2, -0.15) is 0 Å². The summed E-state index contributed by atoms with van der Waals surface area (Å²) in [5.41, 5.74) is 7.79. The third-order valence-corrected chi connectivity index (χ3v) is 5.89. The minimum Gasteiger partial charge on any atom is -0.478 e. The zero-order valence-corrected chi connectivity index (χ0v) is 17.5. The van der Waals surface area contributed by atoms with E-state index in [1.165, 1.54) is 11.1 Å². The van der Waals surface area contributed by atoms with Gasteiger partial charge in [0, 0.05) is 19.6 Å². The van der Waals surface area contributed by atoms with Crippen LogP contribution in [0.25, 0.3) is 22.3 Å². The number of rotatable bonds is 5. The predicted molar refractivity (Wildman–Crippen MR) is 120 cm³/mol. The molecule has 0 bridgehead atoms. The molecule has 0 unspecified atom stereocenters. The molecular formula is C26H27NO3. The standard InChI is InChI=1S/C26H27NO3/c1-18-14-24(16-25(19(18)2)26(28)29)22-8-6-21(7-9-22)23-5-3-4-20(15-23)17-27-10-12-30-13-11-27/h3-9,14-16H,10-13,17H2,1-2H3,(H,28,29). The Morgan fingerprint density at radius 3 is 2.23 bits per heavy atom. The van der Waals surface area contributed by atoms with Crippen LogP contribution >= 0.6 is 0 Å². The molecule has 1 heterocycles. The van der Waals surface area contributed by atoms with E-state index in [4.69, 9.17) is 4.74 Å². The molecule has 4 rings (SSSR count). The minimum atomic E-state index is -0.883. The summed E-state index contributed by atoms with van der Waals surface area (Å²) in [5, 5.41) is 9.49. The summed E-state index contributed by atoms with van der Waals surface area (Å²) in [6.07, 6.45) is 0. The molecule has 0 aromatic heterocycles. The van der Waals surface area contributed by atoms with Crippen LogP contribution in [0.15, 0.2) is 60.7 Å². The number of benzene rings is 3. The molecule has 4 heteroatoms. The normalized spacial score (nSPS) is 14.6. The Labute approximate surface area is 177 Å². The Bertz CT molecular complexity index is 1050. The van der Waals surface area contributed by atoms with Gasteiger partial charge in [0.2, 0.25) is 0 Å². The second kappa shape index (κ2) is 8.82. The van der Waals surface area contributed by atoms with Crippen molar-refractivity contribution in [3.05, 3.63) is 82.9 Å². The lowest BCUT2D eigenvalue weighted by atomic mass is 9.94. The average Bonchev–Trinajstić information content (AvgIpc) is 2.76. The van der Waals surface area contributed by atoms with E-state index >= 15 is 0 Å². The molecule has 0 aliphatic carbocycles. The van der Waals surface area contributed by atoms with Crippen molar-refractivity contribution in [2.24, 2.45) is 0 Å². The second-order valence-corrected chi connectivity index (χ2v) is 7.94.